The predicted molar refractivity (Wildman–Crippen MR) is 117 cm³/mol. The molecule has 3 unspecified atom stereocenters. The smallest absolute Gasteiger partial charge is 0.196 e. The van der Waals surface area contributed by atoms with Crippen LogP contribution in [-0.4, -0.2) is 46.6 Å². The van der Waals surface area contributed by atoms with E-state index in [1.54, 1.807) is 6.07 Å². The number of phenols is 1. The molecular weight excluding hydrogens is 366 g/mol. The normalized spacial score (nSPS) is 20.9. The highest BCUT2D eigenvalue weighted by atomic mass is 16.3. The first kappa shape index (κ1) is 21.1. The van der Waals surface area contributed by atoms with Gasteiger partial charge < -0.3 is 26.0 Å². The zero-order valence-electron chi connectivity index (χ0n) is 16.9. The van der Waals surface area contributed by atoms with Crippen LogP contribution in [0, 0.1) is 5.92 Å². The summed E-state index contributed by atoms with van der Waals surface area (Å²) in [5, 5.41) is 35.9. The molecule has 2 aromatic rings. The van der Waals surface area contributed by atoms with Gasteiger partial charge in [0.15, 0.2) is 5.96 Å². The summed E-state index contributed by atoms with van der Waals surface area (Å²) in [6.45, 7) is 1.96. The highest BCUT2D eigenvalue weighted by Gasteiger charge is 2.22. The van der Waals surface area contributed by atoms with E-state index in [-0.39, 0.29) is 24.9 Å². The summed E-state index contributed by atoms with van der Waals surface area (Å²) in [6.07, 6.45) is 3.71. The number of nitrogens with zero attached hydrogens (tertiary/aromatic N) is 1. The van der Waals surface area contributed by atoms with Crippen LogP contribution in [0.1, 0.15) is 32.6 Å². The molecule has 1 saturated carbocycles. The lowest BCUT2D eigenvalue weighted by Crippen LogP contribution is -2.44. The van der Waals surface area contributed by atoms with Crippen molar-refractivity contribution in [2.75, 3.05) is 18.5 Å². The van der Waals surface area contributed by atoms with Crippen LogP contribution in [0.3, 0.4) is 0 Å². The number of hydrogen-bond donors (Lipinski definition) is 5. The Labute approximate surface area is 172 Å². The Hall–Kier alpha value is -2.57. The molecule has 0 spiro atoms. The monoisotopic (exact) mass is 397 g/mol. The second kappa shape index (κ2) is 10.3. The molecule has 3 rings (SSSR count). The molecule has 0 aromatic heterocycles. The Morgan fingerprint density at radius 3 is 2.59 bits per heavy atom. The fourth-order valence-electron chi connectivity index (χ4n) is 3.66. The van der Waals surface area contributed by atoms with Crippen molar-refractivity contribution in [1.29, 1.82) is 0 Å². The van der Waals surface area contributed by atoms with Crippen molar-refractivity contribution >= 4 is 11.6 Å². The van der Waals surface area contributed by atoms with Gasteiger partial charge in [-0.25, -0.2) is 0 Å². The number of nitrogens with one attached hydrogen (secondary N) is 2. The molecule has 0 bridgehead atoms. The Morgan fingerprint density at radius 2 is 1.86 bits per heavy atom. The molecule has 1 fully saturated rings. The number of aliphatic hydroxyl groups is 2. The third-order valence-electron chi connectivity index (χ3n) is 5.46. The molecule has 0 amide bonds. The van der Waals surface area contributed by atoms with Gasteiger partial charge in [-0.2, -0.15) is 0 Å². The van der Waals surface area contributed by atoms with Gasteiger partial charge in [-0.15, -0.1) is 0 Å². The van der Waals surface area contributed by atoms with E-state index in [2.05, 4.69) is 22.5 Å². The summed E-state index contributed by atoms with van der Waals surface area (Å²) in [4.78, 5) is 4.44. The average molecular weight is 398 g/mol. The first-order chi connectivity index (χ1) is 14.1. The maximum atomic E-state index is 10.4. The molecule has 6 heteroatoms. The SMILES string of the molecule is CC1CCCCC1NC(=NCC(O)CO)Nc1cc(-c2ccccc2)ccc1O. The van der Waals surface area contributed by atoms with Gasteiger partial charge >= 0.3 is 0 Å². The molecule has 0 radical (unpaired) electrons. The zero-order valence-corrected chi connectivity index (χ0v) is 16.9. The van der Waals surface area contributed by atoms with E-state index in [4.69, 9.17) is 5.11 Å². The van der Waals surface area contributed by atoms with Gasteiger partial charge in [-0.05, 0) is 42.0 Å². The van der Waals surface area contributed by atoms with Crippen LogP contribution in [0.15, 0.2) is 53.5 Å². The predicted octanol–water partition coefficient (Wildman–Crippen LogP) is 3.35. The topological polar surface area (TPSA) is 97.1 Å². The number of hydrogen-bond acceptors (Lipinski definition) is 4. The van der Waals surface area contributed by atoms with E-state index in [0.29, 0.717) is 17.6 Å². The van der Waals surface area contributed by atoms with E-state index in [0.717, 1.165) is 17.5 Å². The number of rotatable bonds is 6. The largest absolute Gasteiger partial charge is 0.506 e. The summed E-state index contributed by atoms with van der Waals surface area (Å²) in [5.41, 5.74) is 2.57. The van der Waals surface area contributed by atoms with Crippen molar-refractivity contribution in [2.24, 2.45) is 10.9 Å². The lowest BCUT2D eigenvalue weighted by Gasteiger charge is -2.31. The Morgan fingerprint density at radius 1 is 1.10 bits per heavy atom. The van der Waals surface area contributed by atoms with Crippen molar-refractivity contribution < 1.29 is 15.3 Å². The molecule has 6 nitrogen and oxygen atoms in total. The van der Waals surface area contributed by atoms with Crippen LogP contribution in [0.2, 0.25) is 0 Å². The van der Waals surface area contributed by atoms with E-state index >= 15 is 0 Å². The first-order valence-corrected chi connectivity index (χ1v) is 10.3. The molecule has 156 valence electrons. The third-order valence-corrected chi connectivity index (χ3v) is 5.46. The summed E-state index contributed by atoms with van der Waals surface area (Å²) in [6, 6.07) is 15.7. The third kappa shape index (κ3) is 5.95. The molecule has 5 N–H and O–H groups in total. The van der Waals surface area contributed by atoms with Gasteiger partial charge in [0.1, 0.15) is 5.75 Å². The van der Waals surface area contributed by atoms with E-state index in [9.17, 15) is 10.2 Å². The highest BCUT2D eigenvalue weighted by Crippen LogP contribution is 2.30. The van der Waals surface area contributed by atoms with Crippen LogP contribution in [0.4, 0.5) is 5.69 Å². The van der Waals surface area contributed by atoms with Crippen molar-refractivity contribution in [1.82, 2.24) is 5.32 Å². The van der Waals surface area contributed by atoms with Crippen LogP contribution < -0.4 is 10.6 Å². The van der Waals surface area contributed by atoms with Gasteiger partial charge in [-0.3, -0.25) is 4.99 Å². The first-order valence-electron chi connectivity index (χ1n) is 10.3. The second-order valence-corrected chi connectivity index (χ2v) is 7.76. The molecular formula is C23H31N3O3. The van der Waals surface area contributed by atoms with Gasteiger partial charge in [0.25, 0.3) is 0 Å². The molecule has 0 heterocycles. The van der Waals surface area contributed by atoms with E-state index in [1.165, 1.54) is 19.3 Å². The van der Waals surface area contributed by atoms with Crippen LogP contribution >= 0.6 is 0 Å². The van der Waals surface area contributed by atoms with E-state index < -0.39 is 6.10 Å². The van der Waals surface area contributed by atoms with Gasteiger partial charge in [0.2, 0.25) is 0 Å². The number of benzene rings is 2. The fourth-order valence-corrected chi connectivity index (χ4v) is 3.66. The van der Waals surface area contributed by atoms with E-state index in [1.807, 2.05) is 42.5 Å². The number of aliphatic imine (C=N–C) groups is 1. The minimum absolute atomic E-state index is 0.0755. The Kier molecular flexibility index (Phi) is 7.49. The molecule has 29 heavy (non-hydrogen) atoms. The van der Waals surface area contributed by atoms with Gasteiger partial charge in [-0.1, -0.05) is 56.2 Å². The molecule has 2 aromatic carbocycles. The lowest BCUT2D eigenvalue weighted by atomic mass is 9.86. The summed E-state index contributed by atoms with van der Waals surface area (Å²) < 4.78 is 0. The Balaban J connectivity index is 1.82. The number of aromatic hydroxyl groups is 1. The highest BCUT2D eigenvalue weighted by molar-refractivity contribution is 5.96. The minimum atomic E-state index is -0.915. The Bertz CT molecular complexity index is 810. The summed E-state index contributed by atoms with van der Waals surface area (Å²) in [7, 11) is 0. The van der Waals surface area contributed by atoms with Crippen LogP contribution in [0.25, 0.3) is 11.1 Å². The molecule has 0 aliphatic heterocycles. The maximum absolute atomic E-state index is 10.4. The average Bonchev–Trinajstić information content (AvgIpc) is 2.75. The minimum Gasteiger partial charge on any atom is -0.506 e. The second-order valence-electron chi connectivity index (χ2n) is 7.76. The zero-order chi connectivity index (χ0) is 20.6. The number of guanidine groups is 1. The van der Waals surface area contributed by atoms with Crippen LogP contribution in [0.5, 0.6) is 5.75 Å². The molecule has 1 aliphatic rings. The van der Waals surface area contributed by atoms with Gasteiger partial charge in [0, 0.05) is 6.04 Å². The molecule has 1 aliphatic carbocycles. The summed E-state index contributed by atoms with van der Waals surface area (Å²) >= 11 is 0. The van der Waals surface area contributed by atoms with Crippen molar-refractivity contribution in [3.8, 4) is 16.9 Å². The van der Waals surface area contributed by atoms with Crippen molar-refractivity contribution in [3.05, 3.63) is 48.5 Å². The maximum Gasteiger partial charge on any atom is 0.196 e. The standard InChI is InChI=1S/C23H31N3O3/c1-16-7-5-6-10-20(16)25-23(24-14-19(28)15-27)26-21-13-18(11-12-22(21)29)17-8-3-2-4-9-17/h2-4,8-9,11-13,16,19-20,27-29H,5-7,10,14-15H2,1H3,(H2,24,25,26). The van der Waals surface area contributed by atoms with Gasteiger partial charge in [0.05, 0.1) is 24.9 Å². The molecule has 0 saturated heterocycles. The van der Waals surface area contributed by atoms with Crippen molar-refractivity contribution in [3.63, 3.8) is 0 Å². The number of aliphatic hydroxyl groups excluding tert-OH is 2. The number of phenolic OH excluding ortho intramolecular Hbond substituents is 1. The fraction of sp³-hybridized carbons (Fsp3) is 0.435. The number of anilines is 1. The van der Waals surface area contributed by atoms with Crippen LogP contribution in [-0.2, 0) is 0 Å². The lowest BCUT2D eigenvalue weighted by molar-refractivity contribution is 0.102. The van der Waals surface area contributed by atoms with Crippen molar-refractivity contribution in [2.45, 2.75) is 44.8 Å². The quantitative estimate of drug-likeness (QED) is 0.293. The summed E-state index contributed by atoms with van der Waals surface area (Å²) in [5.74, 6) is 1.14. The molecule has 3 atom stereocenters.